The average molecular weight is 533 g/mol. The largest absolute Gasteiger partial charge is 0.508 e. The van der Waals surface area contributed by atoms with Gasteiger partial charge in [-0.15, -0.1) is 0 Å². The first kappa shape index (κ1) is 28.8. The number of benzene rings is 3. The molecule has 0 amide bonds. The van der Waals surface area contributed by atoms with Crippen LogP contribution in [0.1, 0.15) is 53.9 Å². The van der Waals surface area contributed by atoms with Gasteiger partial charge in [0.05, 0.1) is 20.8 Å². The molecule has 2 aliphatic rings. The molecule has 3 aromatic rings. The molecular formula is C33H44N2O4. The van der Waals surface area contributed by atoms with E-state index in [1.165, 1.54) is 67.4 Å². The Morgan fingerprint density at radius 3 is 2.21 bits per heavy atom. The lowest BCUT2D eigenvalue weighted by molar-refractivity contribution is 0.255. The SMILES string of the molecule is COc1ccc(N(CCO)Cc2ccc(C3CCN(C)CC3)cc2)cc1OC.Oc1ccc2c(c1)CCCC2. The number of fused-ring (bicyclic) bond motifs is 1. The molecule has 1 aliphatic carbocycles. The van der Waals surface area contributed by atoms with Gasteiger partial charge in [-0.05, 0) is 111 Å². The molecule has 0 aromatic heterocycles. The van der Waals surface area contributed by atoms with Crippen LogP contribution < -0.4 is 14.4 Å². The Labute approximate surface area is 233 Å². The van der Waals surface area contributed by atoms with Crippen molar-refractivity contribution >= 4 is 5.69 Å². The van der Waals surface area contributed by atoms with E-state index in [2.05, 4.69) is 41.1 Å². The number of aliphatic hydroxyl groups is 1. The normalized spacial score (nSPS) is 15.6. The number of phenols is 1. The summed E-state index contributed by atoms with van der Waals surface area (Å²) in [6, 6.07) is 20.6. The van der Waals surface area contributed by atoms with Gasteiger partial charge in [-0.2, -0.15) is 0 Å². The standard InChI is InChI=1S/C23H32N2O3.C10H12O/c1-24-12-10-20(11-13-24)19-6-4-18(5-7-19)17-25(14-15-26)21-8-9-22(27-2)23(16-21)28-3;11-10-6-5-8-3-1-2-4-9(8)7-10/h4-9,16,20,26H,10-15,17H2,1-3H3;5-7,11H,1-4H2. The summed E-state index contributed by atoms with van der Waals surface area (Å²) >= 11 is 0. The number of hydrogen-bond acceptors (Lipinski definition) is 6. The van der Waals surface area contributed by atoms with Crippen molar-refractivity contribution < 1.29 is 19.7 Å². The van der Waals surface area contributed by atoms with Gasteiger partial charge in [-0.1, -0.05) is 30.3 Å². The number of piperidine rings is 1. The topological polar surface area (TPSA) is 65.4 Å². The van der Waals surface area contributed by atoms with Crippen molar-refractivity contribution in [1.82, 2.24) is 4.90 Å². The van der Waals surface area contributed by atoms with Gasteiger partial charge in [0.15, 0.2) is 11.5 Å². The zero-order chi connectivity index (χ0) is 27.6. The van der Waals surface area contributed by atoms with Gasteiger partial charge in [0.1, 0.15) is 5.75 Å². The summed E-state index contributed by atoms with van der Waals surface area (Å²) in [6.07, 6.45) is 7.38. The number of aryl methyl sites for hydroxylation is 2. The first-order chi connectivity index (χ1) is 19.0. The molecule has 1 fully saturated rings. The van der Waals surface area contributed by atoms with Gasteiger partial charge in [0, 0.05) is 24.8 Å². The van der Waals surface area contributed by atoms with E-state index in [4.69, 9.17) is 9.47 Å². The Morgan fingerprint density at radius 1 is 0.846 bits per heavy atom. The van der Waals surface area contributed by atoms with E-state index in [1.807, 2.05) is 30.3 Å². The van der Waals surface area contributed by atoms with E-state index in [0.29, 0.717) is 29.7 Å². The fraction of sp³-hybridized carbons (Fsp3) is 0.455. The van der Waals surface area contributed by atoms with Crippen LogP contribution in [0.5, 0.6) is 17.2 Å². The number of aromatic hydroxyl groups is 1. The summed E-state index contributed by atoms with van der Waals surface area (Å²) in [7, 11) is 5.47. The molecule has 2 N–H and O–H groups in total. The molecule has 0 radical (unpaired) electrons. The van der Waals surface area contributed by atoms with E-state index < -0.39 is 0 Å². The number of nitrogens with zero attached hydrogens (tertiary/aromatic N) is 2. The highest BCUT2D eigenvalue weighted by atomic mass is 16.5. The molecule has 1 aliphatic heterocycles. The van der Waals surface area contributed by atoms with E-state index in [0.717, 1.165) is 18.7 Å². The lowest BCUT2D eigenvalue weighted by atomic mass is 9.89. The minimum absolute atomic E-state index is 0.0992. The number of likely N-dealkylation sites (tertiary alicyclic amines) is 1. The van der Waals surface area contributed by atoms with E-state index in [1.54, 1.807) is 20.3 Å². The van der Waals surface area contributed by atoms with Gasteiger partial charge < -0.3 is 29.5 Å². The molecule has 0 bridgehead atoms. The van der Waals surface area contributed by atoms with Crippen LogP contribution in [-0.2, 0) is 19.4 Å². The van der Waals surface area contributed by atoms with Gasteiger partial charge in [-0.25, -0.2) is 0 Å². The maximum Gasteiger partial charge on any atom is 0.162 e. The minimum atomic E-state index is 0.0992. The zero-order valence-electron chi connectivity index (χ0n) is 23.7. The highest BCUT2D eigenvalue weighted by Crippen LogP contribution is 2.32. The van der Waals surface area contributed by atoms with Crippen molar-refractivity contribution in [2.24, 2.45) is 0 Å². The molecule has 210 valence electrons. The summed E-state index contributed by atoms with van der Waals surface area (Å²) in [5, 5.41) is 18.7. The summed E-state index contributed by atoms with van der Waals surface area (Å²) in [5.41, 5.74) is 6.45. The van der Waals surface area contributed by atoms with Crippen LogP contribution in [0, 0.1) is 0 Å². The fourth-order valence-electron chi connectivity index (χ4n) is 5.62. The van der Waals surface area contributed by atoms with Crippen LogP contribution in [0.15, 0.2) is 60.7 Å². The van der Waals surface area contributed by atoms with E-state index >= 15 is 0 Å². The Hall–Kier alpha value is -3.22. The molecule has 0 atom stereocenters. The number of aliphatic hydroxyl groups excluding tert-OH is 1. The Balaban J connectivity index is 0.000000265. The van der Waals surface area contributed by atoms with Crippen molar-refractivity contribution in [3.63, 3.8) is 0 Å². The Bertz CT molecular complexity index is 1170. The van der Waals surface area contributed by atoms with Crippen LogP contribution in [-0.4, -0.2) is 62.6 Å². The van der Waals surface area contributed by atoms with Crippen molar-refractivity contribution in [3.05, 3.63) is 82.9 Å². The fourth-order valence-corrected chi connectivity index (χ4v) is 5.62. The summed E-state index contributed by atoms with van der Waals surface area (Å²) in [4.78, 5) is 4.56. The average Bonchev–Trinajstić information content (AvgIpc) is 2.97. The Kier molecular flexibility index (Phi) is 10.5. The number of phenolic OH excluding ortho intramolecular Hbond substituents is 1. The lowest BCUT2D eigenvalue weighted by Crippen LogP contribution is -2.29. The molecule has 39 heavy (non-hydrogen) atoms. The molecule has 6 heteroatoms. The highest BCUT2D eigenvalue weighted by Gasteiger charge is 2.18. The third-order valence-electron chi connectivity index (χ3n) is 7.98. The first-order valence-electron chi connectivity index (χ1n) is 14.2. The predicted octanol–water partition coefficient (Wildman–Crippen LogP) is 5.78. The minimum Gasteiger partial charge on any atom is -0.508 e. The predicted molar refractivity (Wildman–Crippen MR) is 158 cm³/mol. The van der Waals surface area contributed by atoms with Crippen LogP contribution in [0.2, 0.25) is 0 Å². The quantitative estimate of drug-likeness (QED) is 0.383. The summed E-state index contributed by atoms with van der Waals surface area (Å²) in [5.74, 6) is 2.48. The van der Waals surface area contributed by atoms with Crippen molar-refractivity contribution in [3.8, 4) is 17.2 Å². The zero-order valence-corrected chi connectivity index (χ0v) is 23.7. The highest BCUT2D eigenvalue weighted by molar-refractivity contribution is 5.56. The van der Waals surface area contributed by atoms with Gasteiger partial charge in [-0.3, -0.25) is 0 Å². The number of methoxy groups -OCH3 is 2. The molecule has 0 unspecified atom stereocenters. The smallest absolute Gasteiger partial charge is 0.162 e. The first-order valence-corrected chi connectivity index (χ1v) is 14.2. The van der Waals surface area contributed by atoms with E-state index in [-0.39, 0.29) is 6.61 Å². The van der Waals surface area contributed by atoms with E-state index in [9.17, 15) is 10.2 Å². The van der Waals surface area contributed by atoms with Gasteiger partial charge in [0.25, 0.3) is 0 Å². The monoisotopic (exact) mass is 532 g/mol. The maximum absolute atomic E-state index is 9.54. The van der Waals surface area contributed by atoms with Crippen LogP contribution >= 0.6 is 0 Å². The maximum atomic E-state index is 9.54. The molecule has 1 heterocycles. The second kappa shape index (κ2) is 14.2. The van der Waals surface area contributed by atoms with Gasteiger partial charge in [0.2, 0.25) is 0 Å². The molecule has 3 aromatic carbocycles. The summed E-state index contributed by atoms with van der Waals surface area (Å²) < 4.78 is 10.8. The molecule has 0 saturated carbocycles. The lowest BCUT2D eigenvalue weighted by Gasteiger charge is -2.29. The molecule has 1 saturated heterocycles. The number of anilines is 1. The summed E-state index contributed by atoms with van der Waals surface area (Å²) in [6.45, 7) is 3.75. The molecule has 6 nitrogen and oxygen atoms in total. The molecular weight excluding hydrogens is 488 g/mol. The van der Waals surface area contributed by atoms with Crippen molar-refractivity contribution in [2.45, 2.75) is 51.0 Å². The second-order valence-corrected chi connectivity index (χ2v) is 10.7. The molecule has 5 rings (SSSR count). The Morgan fingerprint density at radius 2 is 1.54 bits per heavy atom. The second-order valence-electron chi connectivity index (χ2n) is 10.7. The third-order valence-corrected chi connectivity index (χ3v) is 7.98. The van der Waals surface area contributed by atoms with Crippen LogP contribution in [0.4, 0.5) is 5.69 Å². The number of rotatable bonds is 8. The number of ether oxygens (including phenoxy) is 2. The molecule has 0 spiro atoms. The van der Waals surface area contributed by atoms with Crippen LogP contribution in [0.25, 0.3) is 0 Å². The van der Waals surface area contributed by atoms with Crippen molar-refractivity contribution in [1.29, 1.82) is 0 Å². The third kappa shape index (κ3) is 7.90. The van der Waals surface area contributed by atoms with Gasteiger partial charge >= 0.3 is 0 Å². The number of hydrogen-bond donors (Lipinski definition) is 2. The van der Waals surface area contributed by atoms with Crippen molar-refractivity contribution in [2.75, 3.05) is 52.4 Å². The van der Waals surface area contributed by atoms with Crippen LogP contribution in [0.3, 0.4) is 0 Å².